The van der Waals surface area contributed by atoms with Gasteiger partial charge in [0, 0.05) is 19.3 Å². The molecule has 1 aromatic rings. The molecular formula is C7H13N3OS. The number of rotatable bonds is 0. The molecule has 0 aliphatic carbocycles. The van der Waals surface area contributed by atoms with Crippen LogP contribution in [0.4, 0.5) is 0 Å². The zero-order chi connectivity index (χ0) is 9.14. The fourth-order valence-electron chi connectivity index (χ4n) is 1.01. The minimum atomic E-state index is 0.000000000000000222. The van der Waals surface area contributed by atoms with Gasteiger partial charge >= 0.3 is 5.69 Å². The summed E-state index contributed by atoms with van der Waals surface area (Å²) in [6, 6.07) is 0. The predicted octanol–water partition coefficient (Wildman–Crippen LogP) is 0.714. The van der Waals surface area contributed by atoms with Gasteiger partial charge in [-0.15, -0.1) is 5.10 Å². The summed E-state index contributed by atoms with van der Waals surface area (Å²) in [5, 5.41) is 4.88. The fraction of sp³-hybridized carbons (Fsp3) is 0.714. The Morgan fingerprint density at radius 2 is 2.17 bits per heavy atom. The van der Waals surface area contributed by atoms with Crippen LogP contribution in [0.25, 0.3) is 0 Å². The molecule has 5 heteroatoms. The molecule has 68 valence electrons. The van der Waals surface area contributed by atoms with Crippen molar-refractivity contribution in [3.63, 3.8) is 0 Å². The van der Waals surface area contributed by atoms with Crippen molar-refractivity contribution in [2.24, 2.45) is 7.05 Å². The Kier molecular flexibility index (Phi) is 2.97. The van der Waals surface area contributed by atoms with Gasteiger partial charge in [-0.1, -0.05) is 25.6 Å². The molecule has 2 rings (SSSR count). The van der Waals surface area contributed by atoms with E-state index >= 15 is 0 Å². The Morgan fingerprint density at radius 3 is 2.75 bits per heavy atom. The summed E-state index contributed by atoms with van der Waals surface area (Å²) in [5.41, 5.74) is 0.000000000000000222. The molecule has 0 bridgehead atoms. The second kappa shape index (κ2) is 3.80. The lowest BCUT2D eigenvalue weighted by Gasteiger charge is -1.85. The maximum absolute atomic E-state index is 11.1. The zero-order valence-electron chi connectivity index (χ0n) is 7.57. The quantitative estimate of drug-likeness (QED) is 0.600. The highest BCUT2D eigenvalue weighted by atomic mass is 32.2. The SMILES string of the molecule is CC.Cn1nc2n(c1=O)CCS2. The second-order valence-electron chi connectivity index (χ2n) is 2.19. The van der Waals surface area contributed by atoms with E-state index in [1.54, 1.807) is 23.4 Å². The second-order valence-corrected chi connectivity index (χ2v) is 3.25. The molecule has 0 saturated carbocycles. The number of aryl methyl sites for hydroxylation is 1. The molecule has 1 aliphatic rings. The molecule has 1 aliphatic heterocycles. The molecule has 0 saturated heterocycles. The van der Waals surface area contributed by atoms with E-state index in [9.17, 15) is 4.79 Å². The van der Waals surface area contributed by atoms with Crippen molar-refractivity contribution in [3.8, 4) is 0 Å². The summed E-state index contributed by atoms with van der Waals surface area (Å²) in [6.45, 7) is 4.81. The van der Waals surface area contributed by atoms with Crippen LogP contribution in [0, 0.1) is 0 Å². The molecule has 0 unspecified atom stereocenters. The average Bonchev–Trinajstić information content (AvgIpc) is 2.62. The minimum absolute atomic E-state index is 0.000000000000000222. The van der Waals surface area contributed by atoms with E-state index in [-0.39, 0.29) is 5.69 Å². The van der Waals surface area contributed by atoms with Crippen molar-refractivity contribution in [3.05, 3.63) is 10.5 Å². The molecule has 0 radical (unpaired) electrons. The molecule has 0 atom stereocenters. The van der Waals surface area contributed by atoms with Crippen LogP contribution >= 0.6 is 11.8 Å². The van der Waals surface area contributed by atoms with Gasteiger partial charge in [0.05, 0.1) is 0 Å². The van der Waals surface area contributed by atoms with E-state index in [0.717, 1.165) is 17.5 Å². The van der Waals surface area contributed by atoms with Gasteiger partial charge in [0.25, 0.3) is 0 Å². The van der Waals surface area contributed by atoms with Gasteiger partial charge < -0.3 is 0 Å². The summed E-state index contributed by atoms with van der Waals surface area (Å²) < 4.78 is 3.08. The third-order valence-electron chi connectivity index (χ3n) is 1.52. The van der Waals surface area contributed by atoms with Gasteiger partial charge in [-0.05, 0) is 0 Å². The van der Waals surface area contributed by atoms with Gasteiger partial charge in [0.2, 0.25) is 0 Å². The highest BCUT2D eigenvalue weighted by Gasteiger charge is 2.16. The van der Waals surface area contributed by atoms with Crippen LogP contribution in [0.2, 0.25) is 0 Å². The lowest BCUT2D eigenvalue weighted by atomic mass is 10.7. The molecule has 12 heavy (non-hydrogen) atoms. The minimum Gasteiger partial charge on any atom is -0.269 e. The molecule has 0 aromatic carbocycles. The predicted molar refractivity (Wildman–Crippen MR) is 49.5 cm³/mol. The van der Waals surface area contributed by atoms with Gasteiger partial charge in [-0.2, -0.15) is 0 Å². The van der Waals surface area contributed by atoms with Crippen LogP contribution in [-0.4, -0.2) is 20.1 Å². The van der Waals surface area contributed by atoms with Crippen molar-refractivity contribution >= 4 is 11.8 Å². The first kappa shape index (κ1) is 9.38. The normalized spacial score (nSPS) is 13.6. The Hall–Kier alpha value is -0.710. The smallest absolute Gasteiger partial charge is 0.269 e. The molecule has 0 N–H and O–H groups in total. The third-order valence-corrected chi connectivity index (χ3v) is 2.47. The lowest BCUT2D eigenvalue weighted by Crippen LogP contribution is -2.22. The molecule has 1 aromatic heterocycles. The molecular weight excluding hydrogens is 174 g/mol. The molecule has 2 heterocycles. The van der Waals surface area contributed by atoms with E-state index in [4.69, 9.17) is 0 Å². The van der Waals surface area contributed by atoms with Gasteiger partial charge in [0.15, 0.2) is 5.16 Å². The van der Waals surface area contributed by atoms with Crippen molar-refractivity contribution in [2.75, 3.05) is 5.75 Å². The Balaban J connectivity index is 0.000000336. The monoisotopic (exact) mass is 187 g/mol. The maximum atomic E-state index is 11.1. The Bertz CT molecular complexity index is 315. The molecule has 4 nitrogen and oxygen atoms in total. The maximum Gasteiger partial charge on any atom is 0.346 e. The standard InChI is InChI=1S/C5H7N3OS.C2H6/c1-7-5(9)8-2-3-10-4(8)6-7;1-2/h2-3H2,1H3;1-2H3. The number of thioether (sulfide) groups is 1. The summed E-state index contributed by atoms with van der Waals surface area (Å²) in [7, 11) is 1.67. The van der Waals surface area contributed by atoms with Crippen molar-refractivity contribution in [1.82, 2.24) is 14.3 Å². The Labute approximate surface area is 75.6 Å². The summed E-state index contributed by atoms with van der Waals surface area (Å²) in [4.78, 5) is 11.1. The van der Waals surface area contributed by atoms with Crippen LogP contribution in [0.3, 0.4) is 0 Å². The Morgan fingerprint density at radius 1 is 1.50 bits per heavy atom. The molecule has 0 fully saturated rings. The summed E-state index contributed by atoms with van der Waals surface area (Å²) in [6.07, 6.45) is 0. The first-order valence-corrected chi connectivity index (χ1v) is 5.04. The van der Waals surface area contributed by atoms with Gasteiger partial charge in [-0.25, -0.2) is 9.48 Å². The van der Waals surface area contributed by atoms with Crippen molar-refractivity contribution in [2.45, 2.75) is 25.5 Å². The summed E-state index contributed by atoms with van der Waals surface area (Å²) in [5.74, 6) is 0.985. The van der Waals surface area contributed by atoms with E-state index in [0.29, 0.717) is 0 Å². The van der Waals surface area contributed by atoms with E-state index < -0.39 is 0 Å². The topological polar surface area (TPSA) is 39.8 Å². The van der Waals surface area contributed by atoms with Crippen LogP contribution < -0.4 is 5.69 Å². The highest BCUT2D eigenvalue weighted by molar-refractivity contribution is 7.99. The van der Waals surface area contributed by atoms with Crippen LogP contribution in [0.5, 0.6) is 0 Å². The van der Waals surface area contributed by atoms with Gasteiger partial charge in [-0.3, -0.25) is 4.57 Å². The fourth-order valence-corrected chi connectivity index (χ4v) is 1.97. The van der Waals surface area contributed by atoms with Crippen LogP contribution in [0.1, 0.15) is 13.8 Å². The van der Waals surface area contributed by atoms with Crippen LogP contribution in [0.15, 0.2) is 9.95 Å². The number of fused-ring (bicyclic) bond motifs is 1. The number of hydrogen-bond acceptors (Lipinski definition) is 3. The summed E-state index contributed by atoms with van der Waals surface area (Å²) >= 11 is 1.63. The van der Waals surface area contributed by atoms with Gasteiger partial charge in [0.1, 0.15) is 0 Å². The average molecular weight is 187 g/mol. The highest BCUT2D eigenvalue weighted by Crippen LogP contribution is 2.19. The van der Waals surface area contributed by atoms with Crippen molar-refractivity contribution < 1.29 is 0 Å². The van der Waals surface area contributed by atoms with E-state index in [2.05, 4.69) is 5.10 Å². The number of hydrogen-bond donors (Lipinski definition) is 0. The third kappa shape index (κ3) is 1.41. The van der Waals surface area contributed by atoms with Crippen LogP contribution in [-0.2, 0) is 13.6 Å². The van der Waals surface area contributed by atoms with E-state index in [1.807, 2.05) is 13.8 Å². The number of nitrogens with zero attached hydrogens (tertiary/aromatic N) is 3. The first-order valence-electron chi connectivity index (χ1n) is 4.05. The zero-order valence-corrected chi connectivity index (χ0v) is 8.39. The number of aromatic nitrogens is 3. The van der Waals surface area contributed by atoms with E-state index in [1.165, 1.54) is 4.68 Å². The molecule has 0 spiro atoms. The lowest BCUT2D eigenvalue weighted by molar-refractivity contribution is 0.678. The van der Waals surface area contributed by atoms with Crippen molar-refractivity contribution in [1.29, 1.82) is 0 Å². The largest absolute Gasteiger partial charge is 0.346 e. The first-order chi connectivity index (χ1) is 5.79. The molecule has 0 amide bonds.